The molecule has 3 aliphatic rings. The second-order valence-corrected chi connectivity index (χ2v) is 10.2. The minimum atomic E-state index is -0.189. The molecule has 2 aromatic rings. The number of methoxy groups -OCH3 is 2. The van der Waals surface area contributed by atoms with Gasteiger partial charge in [0.2, 0.25) is 0 Å². The molecule has 4 nitrogen and oxygen atoms in total. The molecule has 2 saturated carbocycles. The van der Waals surface area contributed by atoms with Gasteiger partial charge in [-0.05, 0) is 96.4 Å². The van der Waals surface area contributed by atoms with Crippen molar-refractivity contribution in [3.8, 4) is 11.5 Å². The van der Waals surface area contributed by atoms with E-state index in [0.29, 0.717) is 17.8 Å². The molecule has 0 radical (unpaired) electrons. The van der Waals surface area contributed by atoms with Gasteiger partial charge in [-0.3, -0.25) is 4.79 Å². The zero-order chi connectivity index (χ0) is 23.2. The van der Waals surface area contributed by atoms with E-state index in [-0.39, 0.29) is 17.5 Å². The summed E-state index contributed by atoms with van der Waals surface area (Å²) in [5, 5.41) is 0. The van der Waals surface area contributed by atoms with Gasteiger partial charge in [0.1, 0.15) is 17.6 Å². The molecule has 33 heavy (non-hydrogen) atoms. The first kappa shape index (κ1) is 22.1. The lowest BCUT2D eigenvalue weighted by Gasteiger charge is -2.50. The van der Waals surface area contributed by atoms with Crippen LogP contribution < -0.4 is 9.47 Å². The van der Waals surface area contributed by atoms with Crippen LogP contribution in [0.2, 0.25) is 0 Å². The lowest BCUT2D eigenvalue weighted by Crippen LogP contribution is -2.45. The SMILES string of the molecule is COc1ccc(/C=C2\C[C@@H]3[C@H]4CCc5cc(OC)ccc5[C@@H]4CC[C@]3(C)[C@@H]2OC(C)=O)cc1. The van der Waals surface area contributed by atoms with Crippen LogP contribution in [0.3, 0.4) is 0 Å². The van der Waals surface area contributed by atoms with E-state index in [9.17, 15) is 4.79 Å². The lowest BCUT2D eigenvalue weighted by molar-refractivity contribution is -0.152. The quantitative estimate of drug-likeness (QED) is 0.526. The van der Waals surface area contributed by atoms with E-state index in [1.807, 2.05) is 12.1 Å². The van der Waals surface area contributed by atoms with Gasteiger partial charge in [-0.1, -0.05) is 31.2 Å². The molecule has 0 spiro atoms. The monoisotopic (exact) mass is 446 g/mol. The highest BCUT2D eigenvalue weighted by Crippen LogP contribution is 2.63. The summed E-state index contributed by atoms with van der Waals surface area (Å²) in [5.74, 6) is 3.32. The Balaban J connectivity index is 1.49. The number of rotatable bonds is 4. The number of esters is 1. The van der Waals surface area contributed by atoms with Crippen LogP contribution in [0.25, 0.3) is 6.08 Å². The number of carbonyl (C=O) groups is 1. The van der Waals surface area contributed by atoms with Crippen LogP contribution in [0.15, 0.2) is 48.0 Å². The number of carbonyl (C=O) groups excluding carboxylic acids is 1. The zero-order valence-corrected chi connectivity index (χ0v) is 20.1. The highest BCUT2D eigenvalue weighted by atomic mass is 16.5. The number of hydrogen-bond donors (Lipinski definition) is 0. The predicted octanol–water partition coefficient (Wildman–Crippen LogP) is 6.19. The van der Waals surface area contributed by atoms with E-state index in [1.165, 1.54) is 30.0 Å². The van der Waals surface area contributed by atoms with Crippen molar-refractivity contribution in [1.82, 2.24) is 0 Å². The molecule has 0 aromatic heterocycles. The summed E-state index contributed by atoms with van der Waals surface area (Å²) < 4.78 is 16.8. The van der Waals surface area contributed by atoms with E-state index in [2.05, 4.69) is 43.3 Å². The molecule has 2 fully saturated rings. The van der Waals surface area contributed by atoms with Gasteiger partial charge < -0.3 is 14.2 Å². The lowest BCUT2D eigenvalue weighted by atomic mass is 9.55. The molecule has 0 saturated heterocycles. The molecule has 0 N–H and O–H groups in total. The van der Waals surface area contributed by atoms with Crippen LogP contribution in [-0.4, -0.2) is 26.3 Å². The van der Waals surface area contributed by atoms with Crippen molar-refractivity contribution in [3.05, 3.63) is 64.7 Å². The van der Waals surface area contributed by atoms with Gasteiger partial charge in [-0.15, -0.1) is 0 Å². The van der Waals surface area contributed by atoms with Crippen molar-refractivity contribution in [3.63, 3.8) is 0 Å². The maximum Gasteiger partial charge on any atom is 0.303 e. The Bertz CT molecular complexity index is 1070. The third kappa shape index (κ3) is 3.84. The molecule has 0 heterocycles. The van der Waals surface area contributed by atoms with Crippen LogP contribution in [0.1, 0.15) is 62.1 Å². The second-order valence-electron chi connectivity index (χ2n) is 10.2. The summed E-state index contributed by atoms with van der Waals surface area (Å²) >= 11 is 0. The topological polar surface area (TPSA) is 44.8 Å². The Morgan fingerprint density at radius 3 is 2.45 bits per heavy atom. The molecular formula is C29H34O4. The largest absolute Gasteiger partial charge is 0.497 e. The van der Waals surface area contributed by atoms with Gasteiger partial charge in [0, 0.05) is 12.3 Å². The molecule has 174 valence electrons. The highest BCUT2D eigenvalue weighted by Gasteiger charge is 2.58. The van der Waals surface area contributed by atoms with Gasteiger partial charge in [0.25, 0.3) is 0 Å². The Labute approximate surface area is 196 Å². The standard InChI is InChI=1S/C29H34O4/c1-18(30)33-28-21(15-19-5-8-22(31-3)9-6-19)17-27-26-11-7-20-16-23(32-4)10-12-24(20)25(26)13-14-29(27,28)2/h5-6,8-10,12,15-16,25-28H,7,11,13-14,17H2,1-4H3/b21-15+/t25-,26-,27+,28+,29-/m0/s1. The van der Waals surface area contributed by atoms with Gasteiger partial charge in [0.15, 0.2) is 0 Å². The van der Waals surface area contributed by atoms with Crippen LogP contribution >= 0.6 is 0 Å². The molecule has 0 unspecified atom stereocenters. The number of aryl methyl sites for hydroxylation is 1. The van der Waals surface area contributed by atoms with Crippen molar-refractivity contribution >= 4 is 12.0 Å². The third-order valence-corrected chi connectivity index (χ3v) is 8.51. The van der Waals surface area contributed by atoms with Gasteiger partial charge in [-0.2, -0.15) is 0 Å². The zero-order valence-electron chi connectivity index (χ0n) is 20.1. The Hall–Kier alpha value is -2.75. The smallest absolute Gasteiger partial charge is 0.303 e. The fourth-order valence-corrected chi connectivity index (χ4v) is 6.95. The van der Waals surface area contributed by atoms with E-state index in [4.69, 9.17) is 14.2 Å². The van der Waals surface area contributed by atoms with Crippen molar-refractivity contribution in [2.45, 2.75) is 58.0 Å². The van der Waals surface area contributed by atoms with E-state index >= 15 is 0 Å². The molecule has 5 atom stereocenters. The van der Waals surface area contributed by atoms with Gasteiger partial charge in [-0.25, -0.2) is 0 Å². The van der Waals surface area contributed by atoms with Crippen molar-refractivity contribution in [2.24, 2.45) is 17.3 Å². The predicted molar refractivity (Wildman–Crippen MR) is 130 cm³/mol. The Kier molecular flexibility index (Phi) is 5.72. The minimum absolute atomic E-state index is 0.0187. The van der Waals surface area contributed by atoms with E-state index < -0.39 is 0 Å². The van der Waals surface area contributed by atoms with Gasteiger partial charge in [0.05, 0.1) is 14.2 Å². The normalized spacial score (nSPS) is 31.3. The second kappa shape index (κ2) is 8.55. The molecule has 0 amide bonds. The van der Waals surface area contributed by atoms with E-state index in [1.54, 1.807) is 14.2 Å². The molecule has 2 aromatic carbocycles. The first-order chi connectivity index (χ1) is 15.9. The van der Waals surface area contributed by atoms with Gasteiger partial charge >= 0.3 is 5.97 Å². The van der Waals surface area contributed by atoms with Crippen LogP contribution in [-0.2, 0) is 16.0 Å². The summed E-state index contributed by atoms with van der Waals surface area (Å²) in [6.07, 6.45) is 7.58. The number of ether oxygens (including phenoxy) is 3. The maximum absolute atomic E-state index is 12.1. The van der Waals surface area contributed by atoms with Crippen LogP contribution in [0, 0.1) is 17.3 Å². The summed E-state index contributed by atoms with van der Waals surface area (Å²) in [6.45, 7) is 3.90. The summed E-state index contributed by atoms with van der Waals surface area (Å²) in [4.78, 5) is 12.1. The van der Waals surface area contributed by atoms with Crippen molar-refractivity contribution in [2.75, 3.05) is 14.2 Å². The Morgan fingerprint density at radius 2 is 1.76 bits per heavy atom. The maximum atomic E-state index is 12.1. The fraction of sp³-hybridized carbons (Fsp3) is 0.483. The summed E-state index contributed by atoms with van der Waals surface area (Å²) in [5.41, 5.74) is 5.31. The molecule has 5 rings (SSSR count). The average Bonchev–Trinajstić information content (AvgIpc) is 3.10. The molecular weight excluding hydrogens is 412 g/mol. The minimum Gasteiger partial charge on any atom is -0.497 e. The molecule has 0 aliphatic heterocycles. The first-order valence-electron chi connectivity index (χ1n) is 12.1. The van der Waals surface area contributed by atoms with Crippen LogP contribution in [0.4, 0.5) is 0 Å². The Morgan fingerprint density at radius 1 is 1.03 bits per heavy atom. The van der Waals surface area contributed by atoms with E-state index in [0.717, 1.165) is 42.7 Å². The summed E-state index contributed by atoms with van der Waals surface area (Å²) in [7, 11) is 3.42. The van der Waals surface area contributed by atoms with Crippen LogP contribution in [0.5, 0.6) is 11.5 Å². The number of hydrogen-bond acceptors (Lipinski definition) is 4. The molecule has 0 bridgehead atoms. The highest BCUT2D eigenvalue weighted by molar-refractivity contribution is 5.67. The molecule has 3 aliphatic carbocycles. The number of benzene rings is 2. The van der Waals surface area contributed by atoms with Crippen molar-refractivity contribution in [1.29, 1.82) is 0 Å². The van der Waals surface area contributed by atoms with Crippen molar-refractivity contribution < 1.29 is 19.0 Å². The summed E-state index contributed by atoms with van der Waals surface area (Å²) in [6, 6.07) is 14.8. The third-order valence-electron chi connectivity index (χ3n) is 8.51. The fourth-order valence-electron chi connectivity index (χ4n) is 6.95. The first-order valence-corrected chi connectivity index (χ1v) is 12.1. The number of fused-ring (bicyclic) bond motifs is 5. The average molecular weight is 447 g/mol. The molecule has 4 heteroatoms.